The molecule has 104 valence electrons. The van der Waals surface area contributed by atoms with E-state index >= 15 is 0 Å². The van der Waals surface area contributed by atoms with Gasteiger partial charge in [0.15, 0.2) is 0 Å². The molecule has 19 heavy (non-hydrogen) atoms. The van der Waals surface area contributed by atoms with Crippen LogP contribution < -0.4 is 16.2 Å². The van der Waals surface area contributed by atoms with E-state index in [1.807, 2.05) is 25.1 Å². The predicted octanol–water partition coefficient (Wildman–Crippen LogP) is 3.01. The Morgan fingerprint density at radius 1 is 1.16 bits per heavy atom. The van der Waals surface area contributed by atoms with E-state index in [4.69, 9.17) is 16.2 Å². The number of nitrogens with two attached hydrogens (primary N) is 2. The van der Waals surface area contributed by atoms with Crippen LogP contribution in [0.1, 0.15) is 24.9 Å². The molecule has 4 heteroatoms. The highest BCUT2D eigenvalue weighted by Crippen LogP contribution is 2.33. The number of fused-ring (bicyclic) bond motifs is 1. The van der Waals surface area contributed by atoms with Gasteiger partial charge < -0.3 is 16.2 Å². The summed E-state index contributed by atoms with van der Waals surface area (Å²) in [6, 6.07) is 12.2. The quantitative estimate of drug-likeness (QED) is 0.885. The first-order valence-corrected chi connectivity index (χ1v) is 6.38. The van der Waals surface area contributed by atoms with Gasteiger partial charge in [-0.1, -0.05) is 30.3 Å². The van der Waals surface area contributed by atoms with Crippen molar-refractivity contribution in [1.29, 1.82) is 0 Å². The molecule has 0 bridgehead atoms. The summed E-state index contributed by atoms with van der Waals surface area (Å²) in [5, 5.41) is 2.34. The summed E-state index contributed by atoms with van der Waals surface area (Å²) in [5.41, 5.74) is 12.9. The lowest BCUT2D eigenvalue weighted by molar-refractivity contribution is 0.334. The molecule has 0 aliphatic heterocycles. The summed E-state index contributed by atoms with van der Waals surface area (Å²) in [4.78, 5) is 0. The number of ether oxygens (including phenoxy) is 1. The first-order chi connectivity index (χ1) is 8.77. The van der Waals surface area contributed by atoms with Crippen LogP contribution in [-0.2, 0) is 0 Å². The Bertz CT molecular complexity index is 531. The third-order valence-corrected chi connectivity index (χ3v) is 3.08. The van der Waals surface area contributed by atoms with Crippen molar-refractivity contribution in [2.24, 2.45) is 11.5 Å². The lowest BCUT2D eigenvalue weighted by Gasteiger charge is -2.18. The molecule has 0 aliphatic carbocycles. The van der Waals surface area contributed by atoms with E-state index in [-0.39, 0.29) is 18.4 Å². The molecule has 2 aromatic carbocycles. The molecule has 0 aliphatic rings. The Hall–Kier alpha value is -1.29. The minimum Gasteiger partial charge on any atom is -0.494 e. The number of benzene rings is 2. The standard InChI is InChI=1S/C15H20N2O.ClH/c1-2-18-14-8-7-11-5-3-4-6-12(11)15(14)13(17)9-10-16;/h3-8,13H,2,9-10,16-17H2,1H3;1H/t13-;/m1./s1. The third-order valence-electron chi connectivity index (χ3n) is 3.08. The molecule has 0 aromatic heterocycles. The monoisotopic (exact) mass is 280 g/mol. The van der Waals surface area contributed by atoms with E-state index in [1.165, 1.54) is 5.39 Å². The highest BCUT2D eigenvalue weighted by molar-refractivity contribution is 5.88. The molecular formula is C15H21ClN2O. The molecule has 0 saturated carbocycles. The SMILES string of the molecule is CCOc1ccc2ccccc2c1[C@H](N)CCN.Cl. The van der Waals surface area contributed by atoms with Crippen LogP contribution in [-0.4, -0.2) is 13.2 Å². The Labute approximate surface area is 120 Å². The molecule has 0 spiro atoms. The number of hydrogen-bond donors (Lipinski definition) is 2. The Morgan fingerprint density at radius 3 is 2.58 bits per heavy atom. The highest BCUT2D eigenvalue weighted by atomic mass is 35.5. The van der Waals surface area contributed by atoms with Gasteiger partial charge in [0.05, 0.1) is 6.61 Å². The summed E-state index contributed by atoms with van der Waals surface area (Å²) in [5.74, 6) is 0.872. The summed E-state index contributed by atoms with van der Waals surface area (Å²) < 4.78 is 5.69. The Kier molecular flexibility index (Phi) is 6.09. The number of rotatable bonds is 5. The molecule has 0 amide bonds. The molecule has 2 rings (SSSR count). The maximum Gasteiger partial charge on any atom is 0.124 e. The summed E-state index contributed by atoms with van der Waals surface area (Å²) >= 11 is 0. The van der Waals surface area contributed by atoms with Gasteiger partial charge in [0.25, 0.3) is 0 Å². The zero-order valence-corrected chi connectivity index (χ0v) is 12.0. The smallest absolute Gasteiger partial charge is 0.124 e. The van der Waals surface area contributed by atoms with E-state index in [9.17, 15) is 0 Å². The summed E-state index contributed by atoms with van der Waals surface area (Å²) in [7, 11) is 0. The van der Waals surface area contributed by atoms with Crippen molar-refractivity contribution < 1.29 is 4.74 Å². The van der Waals surface area contributed by atoms with Crippen molar-refractivity contribution in [3.8, 4) is 5.75 Å². The van der Waals surface area contributed by atoms with Crippen molar-refractivity contribution in [3.05, 3.63) is 42.0 Å². The average molecular weight is 281 g/mol. The van der Waals surface area contributed by atoms with E-state index < -0.39 is 0 Å². The van der Waals surface area contributed by atoms with Crippen LogP contribution in [0.2, 0.25) is 0 Å². The maximum absolute atomic E-state index is 6.24. The van der Waals surface area contributed by atoms with Gasteiger partial charge in [-0.2, -0.15) is 0 Å². The van der Waals surface area contributed by atoms with Gasteiger partial charge in [-0.05, 0) is 36.7 Å². The van der Waals surface area contributed by atoms with Crippen LogP contribution in [0.15, 0.2) is 36.4 Å². The minimum atomic E-state index is -0.0809. The van der Waals surface area contributed by atoms with Crippen LogP contribution in [0.25, 0.3) is 10.8 Å². The van der Waals surface area contributed by atoms with Crippen molar-refractivity contribution in [1.82, 2.24) is 0 Å². The van der Waals surface area contributed by atoms with Crippen LogP contribution in [0, 0.1) is 0 Å². The largest absolute Gasteiger partial charge is 0.494 e. The second-order valence-corrected chi connectivity index (χ2v) is 4.32. The molecule has 0 fully saturated rings. The maximum atomic E-state index is 6.24. The van der Waals surface area contributed by atoms with E-state index in [1.54, 1.807) is 0 Å². The first kappa shape index (κ1) is 15.8. The van der Waals surface area contributed by atoms with Gasteiger partial charge in [0.2, 0.25) is 0 Å². The second kappa shape index (κ2) is 7.34. The Morgan fingerprint density at radius 2 is 1.89 bits per heavy atom. The minimum absolute atomic E-state index is 0. The molecule has 2 aromatic rings. The topological polar surface area (TPSA) is 61.3 Å². The molecule has 0 unspecified atom stereocenters. The van der Waals surface area contributed by atoms with Crippen LogP contribution in [0.5, 0.6) is 5.75 Å². The van der Waals surface area contributed by atoms with E-state index in [0.717, 1.165) is 23.1 Å². The van der Waals surface area contributed by atoms with Crippen LogP contribution >= 0.6 is 12.4 Å². The summed E-state index contributed by atoms with van der Waals surface area (Å²) in [6.45, 7) is 3.20. The van der Waals surface area contributed by atoms with Gasteiger partial charge >= 0.3 is 0 Å². The first-order valence-electron chi connectivity index (χ1n) is 6.38. The Balaban J connectivity index is 0.00000180. The fourth-order valence-corrected chi connectivity index (χ4v) is 2.26. The van der Waals surface area contributed by atoms with Crippen LogP contribution in [0.3, 0.4) is 0 Å². The fraction of sp³-hybridized carbons (Fsp3) is 0.333. The van der Waals surface area contributed by atoms with Gasteiger partial charge in [-0.3, -0.25) is 0 Å². The van der Waals surface area contributed by atoms with Crippen molar-refractivity contribution in [2.75, 3.05) is 13.2 Å². The molecule has 1 atom stereocenters. The molecular weight excluding hydrogens is 260 g/mol. The van der Waals surface area contributed by atoms with Gasteiger partial charge in [-0.25, -0.2) is 0 Å². The van der Waals surface area contributed by atoms with Crippen molar-refractivity contribution >= 4 is 23.2 Å². The van der Waals surface area contributed by atoms with Gasteiger partial charge in [0, 0.05) is 11.6 Å². The van der Waals surface area contributed by atoms with Gasteiger partial charge in [-0.15, -0.1) is 12.4 Å². The fourth-order valence-electron chi connectivity index (χ4n) is 2.26. The van der Waals surface area contributed by atoms with E-state index in [0.29, 0.717) is 13.2 Å². The molecule has 0 radical (unpaired) electrons. The zero-order valence-electron chi connectivity index (χ0n) is 11.1. The van der Waals surface area contributed by atoms with Crippen LogP contribution in [0.4, 0.5) is 0 Å². The van der Waals surface area contributed by atoms with E-state index in [2.05, 4.69) is 18.2 Å². The van der Waals surface area contributed by atoms with Crippen molar-refractivity contribution in [3.63, 3.8) is 0 Å². The lowest BCUT2D eigenvalue weighted by Crippen LogP contribution is -2.17. The van der Waals surface area contributed by atoms with Gasteiger partial charge in [0.1, 0.15) is 5.75 Å². The normalized spacial score (nSPS) is 11.9. The molecule has 0 saturated heterocycles. The second-order valence-electron chi connectivity index (χ2n) is 4.32. The van der Waals surface area contributed by atoms with Crippen molar-refractivity contribution in [2.45, 2.75) is 19.4 Å². The number of halogens is 1. The predicted molar refractivity (Wildman–Crippen MR) is 83.0 cm³/mol. The zero-order chi connectivity index (χ0) is 13.0. The lowest BCUT2D eigenvalue weighted by atomic mass is 9.96. The highest BCUT2D eigenvalue weighted by Gasteiger charge is 2.15. The molecule has 3 nitrogen and oxygen atoms in total. The molecule has 4 N–H and O–H groups in total. The summed E-state index contributed by atoms with van der Waals surface area (Å²) in [6.07, 6.45) is 0.758. The average Bonchev–Trinajstić information content (AvgIpc) is 2.39. The number of hydrogen-bond acceptors (Lipinski definition) is 3. The third kappa shape index (κ3) is 3.38. The molecule has 0 heterocycles.